The van der Waals surface area contributed by atoms with E-state index in [1.165, 1.54) is 0 Å². The Hall–Kier alpha value is -1.47. The molecule has 0 heterocycles. The molecule has 0 fully saturated rings. The summed E-state index contributed by atoms with van der Waals surface area (Å²) in [4.78, 5) is 0. The molecule has 0 radical (unpaired) electrons. The Balaban J connectivity index is 2.20. The summed E-state index contributed by atoms with van der Waals surface area (Å²) in [5.41, 5.74) is 1.14. The fourth-order valence-corrected chi connectivity index (χ4v) is 1.81. The van der Waals surface area contributed by atoms with Crippen LogP contribution < -0.4 is 4.74 Å². The standard InChI is InChI=1S/C14H13ClO/c1-2-11-8-9-13(10-14(11)15)16-12-6-4-3-5-7-12/h3-10H,2H2,1H3. The fraction of sp³-hybridized carbons (Fsp3) is 0.143. The molecule has 0 amide bonds. The van der Waals surface area contributed by atoms with E-state index in [1.807, 2.05) is 48.5 Å². The normalized spacial score (nSPS) is 10.1. The van der Waals surface area contributed by atoms with Gasteiger partial charge in [-0.05, 0) is 36.2 Å². The smallest absolute Gasteiger partial charge is 0.128 e. The van der Waals surface area contributed by atoms with Gasteiger partial charge >= 0.3 is 0 Å². The molecule has 0 N–H and O–H groups in total. The predicted molar refractivity (Wildman–Crippen MR) is 67.3 cm³/mol. The van der Waals surface area contributed by atoms with Crippen LogP contribution in [0.1, 0.15) is 12.5 Å². The molecule has 82 valence electrons. The molecule has 0 aliphatic heterocycles. The highest BCUT2D eigenvalue weighted by Crippen LogP contribution is 2.26. The zero-order valence-corrected chi connectivity index (χ0v) is 9.87. The second-order valence-corrected chi connectivity index (χ2v) is 3.93. The molecule has 0 saturated heterocycles. The van der Waals surface area contributed by atoms with Gasteiger partial charge in [-0.1, -0.05) is 42.8 Å². The lowest BCUT2D eigenvalue weighted by molar-refractivity contribution is 0.482. The molecule has 0 aliphatic carbocycles. The van der Waals surface area contributed by atoms with Crippen molar-refractivity contribution in [3.05, 3.63) is 59.1 Å². The van der Waals surface area contributed by atoms with E-state index in [0.717, 1.165) is 28.5 Å². The minimum absolute atomic E-state index is 0.760. The molecule has 16 heavy (non-hydrogen) atoms. The minimum atomic E-state index is 0.760. The monoisotopic (exact) mass is 232 g/mol. The van der Waals surface area contributed by atoms with Crippen LogP contribution in [0, 0.1) is 0 Å². The molecule has 0 aliphatic rings. The second kappa shape index (κ2) is 5.04. The van der Waals surface area contributed by atoms with Gasteiger partial charge in [0, 0.05) is 5.02 Å². The molecular formula is C14H13ClO. The third-order valence-electron chi connectivity index (χ3n) is 2.38. The maximum Gasteiger partial charge on any atom is 0.128 e. The molecule has 2 rings (SSSR count). The van der Waals surface area contributed by atoms with E-state index in [1.54, 1.807) is 0 Å². The molecule has 1 nitrogen and oxygen atoms in total. The highest BCUT2D eigenvalue weighted by atomic mass is 35.5. The number of benzene rings is 2. The first kappa shape index (κ1) is 11.0. The van der Waals surface area contributed by atoms with E-state index in [4.69, 9.17) is 16.3 Å². The summed E-state index contributed by atoms with van der Waals surface area (Å²) in [6.07, 6.45) is 0.935. The van der Waals surface area contributed by atoms with Crippen LogP contribution in [0.25, 0.3) is 0 Å². The van der Waals surface area contributed by atoms with Crippen molar-refractivity contribution >= 4 is 11.6 Å². The molecule has 2 heteroatoms. The van der Waals surface area contributed by atoms with Gasteiger partial charge < -0.3 is 4.74 Å². The average Bonchev–Trinajstić information content (AvgIpc) is 2.31. The van der Waals surface area contributed by atoms with E-state index < -0.39 is 0 Å². The number of hydrogen-bond acceptors (Lipinski definition) is 1. The van der Waals surface area contributed by atoms with Gasteiger partial charge in [0.05, 0.1) is 0 Å². The summed E-state index contributed by atoms with van der Waals surface area (Å²) in [5.74, 6) is 1.59. The fourth-order valence-electron chi connectivity index (χ4n) is 1.50. The number of aryl methyl sites for hydroxylation is 1. The highest BCUT2D eigenvalue weighted by molar-refractivity contribution is 6.31. The number of halogens is 1. The predicted octanol–water partition coefficient (Wildman–Crippen LogP) is 4.69. The van der Waals surface area contributed by atoms with Gasteiger partial charge in [0.2, 0.25) is 0 Å². The molecule has 0 saturated carbocycles. The summed E-state index contributed by atoms with van der Waals surface area (Å²) in [5, 5.41) is 0.760. The summed E-state index contributed by atoms with van der Waals surface area (Å²) in [6.45, 7) is 2.08. The maximum atomic E-state index is 6.12. The van der Waals surface area contributed by atoms with Gasteiger partial charge in [0.15, 0.2) is 0 Å². The third-order valence-corrected chi connectivity index (χ3v) is 2.74. The highest BCUT2D eigenvalue weighted by Gasteiger charge is 2.01. The van der Waals surface area contributed by atoms with E-state index in [2.05, 4.69) is 6.92 Å². The van der Waals surface area contributed by atoms with Crippen molar-refractivity contribution in [1.82, 2.24) is 0 Å². The van der Waals surface area contributed by atoms with Gasteiger partial charge in [-0.2, -0.15) is 0 Å². The van der Waals surface area contributed by atoms with E-state index >= 15 is 0 Å². The van der Waals surface area contributed by atoms with Crippen LogP contribution in [0.15, 0.2) is 48.5 Å². The van der Waals surface area contributed by atoms with Gasteiger partial charge in [0.25, 0.3) is 0 Å². The lowest BCUT2D eigenvalue weighted by Crippen LogP contribution is -1.86. The SMILES string of the molecule is CCc1ccc(Oc2ccccc2)cc1Cl. The molecule has 2 aromatic carbocycles. The Bertz CT molecular complexity index is 465. The van der Waals surface area contributed by atoms with E-state index in [9.17, 15) is 0 Å². The van der Waals surface area contributed by atoms with Crippen LogP contribution in [0.4, 0.5) is 0 Å². The molecule has 0 atom stereocenters. The summed E-state index contributed by atoms with van der Waals surface area (Å²) < 4.78 is 5.67. The van der Waals surface area contributed by atoms with Crippen molar-refractivity contribution in [2.24, 2.45) is 0 Å². The lowest BCUT2D eigenvalue weighted by atomic mass is 10.2. The van der Waals surface area contributed by atoms with Crippen molar-refractivity contribution < 1.29 is 4.74 Å². The molecule has 2 aromatic rings. The minimum Gasteiger partial charge on any atom is -0.457 e. The summed E-state index contributed by atoms with van der Waals surface area (Å²) in [7, 11) is 0. The zero-order chi connectivity index (χ0) is 11.4. The Morgan fingerprint density at radius 3 is 2.38 bits per heavy atom. The average molecular weight is 233 g/mol. The first-order valence-corrected chi connectivity index (χ1v) is 5.68. The molecule has 0 bridgehead atoms. The van der Waals surface area contributed by atoms with Crippen molar-refractivity contribution in [3.63, 3.8) is 0 Å². The maximum absolute atomic E-state index is 6.12. The van der Waals surface area contributed by atoms with Crippen LogP contribution in [-0.4, -0.2) is 0 Å². The van der Waals surface area contributed by atoms with Crippen LogP contribution in [0.5, 0.6) is 11.5 Å². The Morgan fingerprint density at radius 1 is 1.00 bits per heavy atom. The molecule has 0 spiro atoms. The van der Waals surface area contributed by atoms with Crippen molar-refractivity contribution in [2.75, 3.05) is 0 Å². The lowest BCUT2D eigenvalue weighted by Gasteiger charge is -2.07. The van der Waals surface area contributed by atoms with Crippen LogP contribution in [0.2, 0.25) is 5.02 Å². The van der Waals surface area contributed by atoms with Gasteiger partial charge in [-0.3, -0.25) is 0 Å². The van der Waals surface area contributed by atoms with Gasteiger partial charge in [-0.15, -0.1) is 0 Å². The summed E-state index contributed by atoms with van der Waals surface area (Å²) >= 11 is 6.12. The Kier molecular flexibility index (Phi) is 3.47. The Labute approximate surface area is 101 Å². The number of ether oxygens (including phenoxy) is 1. The first-order valence-electron chi connectivity index (χ1n) is 5.31. The largest absolute Gasteiger partial charge is 0.457 e. The number of rotatable bonds is 3. The van der Waals surface area contributed by atoms with E-state index in [0.29, 0.717) is 0 Å². The zero-order valence-electron chi connectivity index (χ0n) is 9.11. The topological polar surface area (TPSA) is 9.23 Å². The van der Waals surface area contributed by atoms with Crippen molar-refractivity contribution in [1.29, 1.82) is 0 Å². The second-order valence-electron chi connectivity index (χ2n) is 3.52. The molecule has 0 unspecified atom stereocenters. The van der Waals surface area contributed by atoms with Crippen LogP contribution in [-0.2, 0) is 6.42 Å². The van der Waals surface area contributed by atoms with Crippen LogP contribution in [0.3, 0.4) is 0 Å². The van der Waals surface area contributed by atoms with Crippen LogP contribution >= 0.6 is 11.6 Å². The van der Waals surface area contributed by atoms with Gasteiger partial charge in [0.1, 0.15) is 11.5 Å². The third kappa shape index (κ3) is 2.56. The molecular weight excluding hydrogens is 220 g/mol. The van der Waals surface area contributed by atoms with Crippen molar-refractivity contribution in [2.45, 2.75) is 13.3 Å². The number of para-hydroxylation sites is 1. The summed E-state index contributed by atoms with van der Waals surface area (Å²) in [6, 6.07) is 15.5. The van der Waals surface area contributed by atoms with E-state index in [-0.39, 0.29) is 0 Å². The quantitative estimate of drug-likeness (QED) is 0.746. The first-order chi connectivity index (χ1) is 7.79. The molecule has 0 aromatic heterocycles. The van der Waals surface area contributed by atoms with Gasteiger partial charge in [-0.25, -0.2) is 0 Å². The number of hydrogen-bond donors (Lipinski definition) is 0. The Morgan fingerprint density at radius 2 is 1.75 bits per heavy atom. The van der Waals surface area contributed by atoms with Crippen molar-refractivity contribution in [3.8, 4) is 11.5 Å².